The van der Waals surface area contributed by atoms with E-state index in [-0.39, 0.29) is 11.3 Å². The second-order valence-electron chi connectivity index (χ2n) is 5.63. The molecule has 3 aromatic rings. The third-order valence-corrected chi connectivity index (χ3v) is 4.58. The lowest BCUT2D eigenvalue weighted by molar-refractivity contribution is -0.385. The van der Waals surface area contributed by atoms with E-state index in [9.17, 15) is 14.9 Å². The van der Waals surface area contributed by atoms with Gasteiger partial charge in [0, 0.05) is 6.07 Å². The van der Waals surface area contributed by atoms with Crippen molar-refractivity contribution in [3.05, 3.63) is 63.7 Å². The minimum absolute atomic E-state index is 0.0182. The first-order chi connectivity index (χ1) is 11.5. The predicted molar refractivity (Wildman–Crippen MR) is 94.8 cm³/mol. The Morgan fingerprint density at radius 1 is 1.25 bits per heavy atom. The standard InChI is InChI=1S/C17H15N3O3S/c1-10(2)11-7-8-13-15(9-11)24-17(18-13)19-16(21)12-5-3-4-6-14(12)20(22)23/h3-10H,1-2H3,(H,18,19,21). The Morgan fingerprint density at radius 2 is 2.00 bits per heavy atom. The fourth-order valence-electron chi connectivity index (χ4n) is 2.34. The van der Waals surface area contributed by atoms with Gasteiger partial charge in [0.05, 0.1) is 15.1 Å². The van der Waals surface area contributed by atoms with E-state index < -0.39 is 10.8 Å². The van der Waals surface area contributed by atoms with Gasteiger partial charge in [-0.1, -0.05) is 43.4 Å². The summed E-state index contributed by atoms with van der Waals surface area (Å²) in [5.74, 6) is -0.132. The highest BCUT2D eigenvalue weighted by atomic mass is 32.1. The Kier molecular flexibility index (Phi) is 4.26. The number of nitrogens with zero attached hydrogens (tertiary/aromatic N) is 2. The van der Waals surface area contributed by atoms with E-state index in [0.717, 1.165) is 10.2 Å². The average Bonchev–Trinajstić information content (AvgIpc) is 2.95. The van der Waals surface area contributed by atoms with E-state index in [4.69, 9.17) is 0 Å². The molecule has 0 aliphatic carbocycles. The molecule has 3 rings (SSSR count). The van der Waals surface area contributed by atoms with E-state index in [1.54, 1.807) is 6.07 Å². The number of hydrogen-bond acceptors (Lipinski definition) is 5. The molecule has 0 saturated heterocycles. The Bertz CT molecular complexity index is 934. The van der Waals surface area contributed by atoms with Crippen LogP contribution < -0.4 is 5.32 Å². The number of anilines is 1. The van der Waals surface area contributed by atoms with Gasteiger partial charge in [0.15, 0.2) is 5.13 Å². The molecular formula is C17H15N3O3S. The molecule has 1 aromatic heterocycles. The van der Waals surface area contributed by atoms with Crippen LogP contribution in [-0.2, 0) is 0 Å². The molecule has 0 radical (unpaired) electrons. The molecule has 1 amide bonds. The second-order valence-corrected chi connectivity index (χ2v) is 6.66. The summed E-state index contributed by atoms with van der Waals surface area (Å²) in [7, 11) is 0. The lowest BCUT2D eigenvalue weighted by Gasteiger charge is -2.03. The maximum atomic E-state index is 12.3. The lowest BCUT2D eigenvalue weighted by atomic mass is 10.0. The first-order valence-electron chi connectivity index (χ1n) is 7.41. The van der Waals surface area contributed by atoms with Crippen molar-refractivity contribution in [2.45, 2.75) is 19.8 Å². The highest BCUT2D eigenvalue weighted by molar-refractivity contribution is 7.22. The number of carbonyl (C=O) groups is 1. The van der Waals surface area contributed by atoms with Crippen LogP contribution in [0.5, 0.6) is 0 Å². The van der Waals surface area contributed by atoms with Gasteiger partial charge in [0.1, 0.15) is 5.56 Å². The molecule has 24 heavy (non-hydrogen) atoms. The van der Waals surface area contributed by atoms with E-state index in [1.165, 1.54) is 35.1 Å². The second kappa shape index (κ2) is 6.37. The Morgan fingerprint density at radius 3 is 2.71 bits per heavy atom. The van der Waals surface area contributed by atoms with Crippen molar-refractivity contribution in [3.63, 3.8) is 0 Å². The van der Waals surface area contributed by atoms with E-state index in [2.05, 4.69) is 30.2 Å². The van der Waals surface area contributed by atoms with Crippen LogP contribution in [0.15, 0.2) is 42.5 Å². The Hall–Kier alpha value is -2.80. The zero-order chi connectivity index (χ0) is 17.3. The van der Waals surface area contributed by atoms with Crippen molar-refractivity contribution in [2.24, 2.45) is 0 Å². The smallest absolute Gasteiger partial charge is 0.282 e. The van der Waals surface area contributed by atoms with Crippen LogP contribution in [0, 0.1) is 10.1 Å². The van der Waals surface area contributed by atoms with E-state index in [1.807, 2.05) is 12.1 Å². The van der Waals surface area contributed by atoms with Crippen LogP contribution in [0.1, 0.15) is 35.7 Å². The summed E-state index contributed by atoms with van der Waals surface area (Å²) in [5, 5.41) is 14.1. The van der Waals surface area contributed by atoms with Gasteiger partial charge in [-0.25, -0.2) is 4.98 Å². The van der Waals surface area contributed by atoms with Gasteiger partial charge in [-0.15, -0.1) is 0 Å². The van der Waals surface area contributed by atoms with Crippen LogP contribution in [0.2, 0.25) is 0 Å². The number of amides is 1. The van der Waals surface area contributed by atoms with E-state index in [0.29, 0.717) is 11.0 Å². The molecule has 0 fully saturated rings. The SMILES string of the molecule is CC(C)c1ccc2nc(NC(=O)c3ccccc3[N+](=O)[O-])sc2c1. The maximum Gasteiger partial charge on any atom is 0.282 e. The number of benzene rings is 2. The van der Waals surface area contributed by atoms with Crippen LogP contribution in [0.25, 0.3) is 10.2 Å². The topological polar surface area (TPSA) is 85.1 Å². The fraction of sp³-hybridized carbons (Fsp3) is 0.176. The maximum absolute atomic E-state index is 12.3. The molecule has 122 valence electrons. The van der Waals surface area contributed by atoms with Crippen molar-refractivity contribution >= 4 is 38.3 Å². The van der Waals surface area contributed by atoms with Crippen LogP contribution in [0.4, 0.5) is 10.8 Å². The first-order valence-corrected chi connectivity index (χ1v) is 8.22. The summed E-state index contributed by atoms with van der Waals surface area (Å²) >= 11 is 1.35. The van der Waals surface area contributed by atoms with Gasteiger partial charge >= 0.3 is 0 Å². The average molecular weight is 341 g/mol. The lowest BCUT2D eigenvalue weighted by Crippen LogP contribution is -2.13. The number of nitro benzene ring substituents is 1. The third-order valence-electron chi connectivity index (χ3n) is 3.64. The van der Waals surface area contributed by atoms with Crippen molar-refractivity contribution in [2.75, 3.05) is 5.32 Å². The molecule has 0 spiro atoms. The van der Waals surface area contributed by atoms with Crippen LogP contribution in [0.3, 0.4) is 0 Å². The number of fused-ring (bicyclic) bond motifs is 1. The molecule has 1 N–H and O–H groups in total. The largest absolute Gasteiger partial charge is 0.298 e. The Labute approximate surface area is 142 Å². The fourth-order valence-corrected chi connectivity index (χ4v) is 3.25. The first kappa shape index (κ1) is 16.1. The predicted octanol–water partition coefficient (Wildman–Crippen LogP) is 4.58. The molecule has 7 heteroatoms. The molecule has 0 aliphatic heterocycles. The molecule has 6 nitrogen and oxygen atoms in total. The normalized spacial score (nSPS) is 11.0. The minimum atomic E-state index is -0.567. The summed E-state index contributed by atoms with van der Waals surface area (Å²) in [6, 6.07) is 11.8. The van der Waals surface area contributed by atoms with Crippen molar-refractivity contribution < 1.29 is 9.72 Å². The summed E-state index contributed by atoms with van der Waals surface area (Å²) in [5.41, 5.74) is 1.79. The van der Waals surface area contributed by atoms with Crippen molar-refractivity contribution in [3.8, 4) is 0 Å². The number of para-hydroxylation sites is 1. The molecule has 0 bridgehead atoms. The zero-order valence-corrected chi connectivity index (χ0v) is 14.0. The zero-order valence-electron chi connectivity index (χ0n) is 13.1. The monoisotopic (exact) mass is 341 g/mol. The van der Waals surface area contributed by atoms with Gasteiger partial charge in [-0.2, -0.15) is 0 Å². The molecule has 0 atom stereocenters. The van der Waals surface area contributed by atoms with Gasteiger partial charge < -0.3 is 0 Å². The van der Waals surface area contributed by atoms with Crippen LogP contribution in [-0.4, -0.2) is 15.8 Å². The highest BCUT2D eigenvalue weighted by Gasteiger charge is 2.20. The van der Waals surface area contributed by atoms with Crippen LogP contribution >= 0.6 is 11.3 Å². The van der Waals surface area contributed by atoms with E-state index >= 15 is 0 Å². The number of nitro groups is 1. The van der Waals surface area contributed by atoms with Crippen molar-refractivity contribution in [1.82, 2.24) is 4.98 Å². The summed E-state index contributed by atoms with van der Waals surface area (Å²) in [4.78, 5) is 27.2. The number of thiazole rings is 1. The number of nitrogens with one attached hydrogen (secondary N) is 1. The summed E-state index contributed by atoms with van der Waals surface area (Å²) in [6.07, 6.45) is 0. The third kappa shape index (κ3) is 3.11. The van der Waals surface area contributed by atoms with Gasteiger partial charge in [-0.05, 0) is 29.7 Å². The number of hydrogen-bond donors (Lipinski definition) is 1. The number of carbonyl (C=O) groups excluding carboxylic acids is 1. The molecule has 2 aromatic carbocycles. The number of aromatic nitrogens is 1. The highest BCUT2D eigenvalue weighted by Crippen LogP contribution is 2.29. The molecule has 0 unspecified atom stereocenters. The van der Waals surface area contributed by atoms with Gasteiger partial charge in [0.25, 0.3) is 11.6 Å². The Balaban J connectivity index is 1.90. The molecular weight excluding hydrogens is 326 g/mol. The quantitative estimate of drug-likeness (QED) is 0.556. The summed E-state index contributed by atoms with van der Waals surface area (Å²) in [6.45, 7) is 4.22. The molecule has 0 saturated carbocycles. The van der Waals surface area contributed by atoms with Crippen molar-refractivity contribution in [1.29, 1.82) is 0 Å². The summed E-state index contributed by atoms with van der Waals surface area (Å²) < 4.78 is 0.971. The minimum Gasteiger partial charge on any atom is -0.298 e. The molecule has 0 aliphatic rings. The van der Waals surface area contributed by atoms with Gasteiger partial charge in [0.2, 0.25) is 0 Å². The molecule has 1 heterocycles. The number of rotatable bonds is 4. The van der Waals surface area contributed by atoms with Gasteiger partial charge in [-0.3, -0.25) is 20.2 Å².